The van der Waals surface area contributed by atoms with Crippen LogP contribution in [0, 0.1) is 5.92 Å². The van der Waals surface area contributed by atoms with Gasteiger partial charge in [0, 0.05) is 14.1 Å². The maximum atomic E-state index is 11.8. The maximum Gasteiger partial charge on any atom is 0.329 e. The highest BCUT2D eigenvalue weighted by Crippen LogP contribution is 2.39. The Morgan fingerprint density at radius 1 is 1.32 bits per heavy atom. The second-order valence-corrected chi connectivity index (χ2v) is 5.33. The van der Waals surface area contributed by atoms with Crippen molar-refractivity contribution in [3.05, 3.63) is 0 Å². The Morgan fingerprint density at radius 3 is 2.21 bits per heavy atom. The summed E-state index contributed by atoms with van der Waals surface area (Å²) in [5.41, 5.74) is -1.27. The van der Waals surface area contributed by atoms with Crippen molar-refractivity contribution in [3.8, 4) is 0 Å². The zero-order chi connectivity index (χ0) is 14.8. The SMILES string of the molecule is CC(NC(=O)NC(C)(C(=O)O)C1CC1)C(=O)N(C)C. The summed E-state index contributed by atoms with van der Waals surface area (Å²) in [5, 5.41) is 14.1. The molecule has 19 heavy (non-hydrogen) atoms. The third-order valence-corrected chi connectivity index (χ3v) is 3.37. The summed E-state index contributed by atoms with van der Waals surface area (Å²) in [6.07, 6.45) is 1.57. The fourth-order valence-corrected chi connectivity index (χ4v) is 1.91. The zero-order valence-corrected chi connectivity index (χ0v) is 11.7. The third-order valence-electron chi connectivity index (χ3n) is 3.37. The molecule has 0 bridgehead atoms. The quantitative estimate of drug-likeness (QED) is 0.656. The summed E-state index contributed by atoms with van der Waals surface area (Å²) < 4.78 is 0. The van der Waals surface area contributed by atoms with Gasteiger partial charge in [-0.3, -0.25) is 4.79 Å². The second-order valence-electron chi connectivity index (χ2n) is 5.33. The molecule has 7 nitrogen and oxygen atoms in total. The Bertz CT molecular complexity index is 392. The van der Waals surface area contributed by atoms with Gasteiger partial charge in [0.25, 0.3) is 0 Å². The Morgan fingerprint density at radius 2 is 1.84 bits per heavy atom. The molecule has 2 atom stereocenters. The van der Waals surface area contributed by atoms with Gasteiger partial charge in [0.15, 0.2) is 0 Å². The summed E-state index contributed by atoms with van der Waals surface area (Å²) >= 11 is 0. The predicted molar refractivity (Wildman–Crippen MR) is 68.6 cm³/mol. The normalized spacial score (nSPS) is 18.9. The summed E-state index contributed by atoms with van der Waals surface area (Å²) in [4.78, 5) is 36.0. The predicted octanol–water partition coefficient (Wildman–Crippen LogP) is 0.0156. The number of nitrogens with one attached hydrogen (secondary N) is 2. The average molecular weight is 271 g/mol. The Balaban J connectivity index is 2.59. The van der Waals surface area contributed by atoms with Crippen LogP contribution in [0.3, 0.4) is 0 Å². The first-order chi connectivity index (χ1) is 8.68. The molecule has 108 valence electrons. The van der Waals surface area contributed by atoms with Crippen LogP contribution in [-0.4, -0.2) is 53.6 Å². The van der Waals surface area contributed by atoms with E-state index in [1.807, 2.05) is 0 Å². The van der Waals surface area contributed by atoms with Crippen molar-refractivity contribution in [2.45, 2.75) is 38.3 Å². The fraction of sp³-hybridized carbons (Fsp3) is 0.750. The lowest BCUT2D eigenvalue weighted by Crippen LogP contribution is -2.59. The summed E-state index contributed by atoms with van der Waals surface area (Å²) in [5.74, 6) is -1.36. The molecule has 2 unspecified atom stereocenters. The molecular formula is C12H21N3O4. The molecule has 0 aromatic rings. The van der Waals surface area contributed by atoms with Gasteiger partial charge >= 0.3 is 12.0 Å². The van der Waals surface area contributed by atoms with Crippen molar-refractivity contribution in [2.75, 3.05) is 14.1 Å². The Kier molecular flexibility index (Phi) is 4.39. The van der Waals surface area contributed by atoms with E-state index in [-0.39, 0.29) is 11.8 Å². The fourth-order valence-electron chi connectivity index (χ4n) is 1.91. The maximum absolute atomic E-state index is 11.8. The number of hydrogen-bond acceptors (Lipinski definition) is 3. The van der Waals surface area contributed by atoms with Crippen molar-refractivity contribution in [1.29, 1.82) is 0 Å². The zero-order valence-electron chi connectivity index (χ0n) is 11.7. The van der Waals surface area contributed by atoms with Crippen LogP contribution in [0.4, 0.5) is 4.79 Å². The lowest BCUT2D eigenvalue weighted by atomic mass is 9.96. The van der Waals surface area contributed by atoms with Crippen LogP contribution in [0.5, 0.6) is 0 Å². The van der Waals surface area contributed by atoms with Crippen molar-refractivity contribution >= 4 is 17.9 Å². The molecule has 0 saturated heterocycles. The highest BCUT2D eigenvalue weighted by Gasteiger charge is 2.48. The van der Waals surface area contributed by atoms with Gasteiger partial charge in [-0.25, -0.2) is 9.59 Å². The molecule has 0 heterocycles. The van der Waals surface area contributed by atoms with Crippen LogP contribution >= 0.6 is 0 Å². The smallest absolute Gasteiger partial charge is 0.329 e. The van der Waals surface area contributed by atoms with E-state index in [9.17, 15) is 19.5 Å². The van der Waals surface area contributed by atoms with Crippen molar-refractivity contribution in [1.82, 2.24) is 15.5 Å². The van der Waals surface area contributed by atoms with Crippen LogP contribution in [0.25, 0.3) is 0 Å². The van der Waals surface area contributed by atoms with Gasteiger partial charge in [-0.1, -0.05) is 0 Å². The van der Waals surface area contributed by atoms with Gasteiger partial charge < -0.3 is 20.6 Å². The molecule has 3 amide bonds. The van der Waals surface area contributed by atoms with Gasteiger partial charge in [-0.2, -0.15) is 0 Å². The van der Waals surface area contributed by atoms with Crippen molar-refractivity contribution < 1.29 is 19.5 Å². The number of amides is 3. The summed E-state index contributed by atoms with van der Waals surface area (Å²) in [6, 6.07) is -1.34. The monoisotopic (exact) mass is 271 g/mol. The van der Waals surface area contributed by atoms with E-state index >= 15 is 0 Å². The minimum Gasteiger partial charge on any atom is -0.480 e. The molecule has 7 heteroatoms. The minimum atomic E-state index is -1.27. The number of carbonyl (C=O) groups excluding carboxylic acids is 2. The molecule has 0 radical (unpaired) electrons. The van der Waals surface area contributed by atoms with Crippen molar-refractivity contribution in [3.63, 3.8) is 0 Å². The van der Waals surface area contributed by atoms with E-state index in [0.717, 1.165) is 12.8 Å². The number of carboxylic acids is 1. The standard InChI is InChI=1S/C12H21N3O4/c1-7(9(16)15(3)4)13-11(19)14-12(2,10(17)18)8-5-6-8/h7-8H,5-6H2,1-4H3,(H,17,18)(H2,13,14,19). The molecule has 0 aromatic heterocycles. The minimum absolute atomic E-state index is 0.0457. The number of hydrogen-bond donors (Lipinski definition) is 3. The lowest BCUT2D eigenvalue weighted by molar-refractivity contribution is -0.144. The molecule has 3 N–H and O–H groups in total. The lowest BCUT2D eigenvalue weighted by Gasteiger charge is -2.27. The van der Waals surface area contributed by atoms with Crippen LogP contribution in [-0.2, 0) is 9.59 Å². The van der Waals surface area contributed by atoms with Crippen LogP contribution in [0.1, 0.15) is 26.7 Å². The molecule has 1 aliphatic carbocycles. The first-order valence-electron chi connectivity index (χ1n) is 6.21. The van der Waals surface area contributed by atoms with E-state index in [0.29, 0.717) is 0 Å². The van der Waals surface area contributed by atoms with E-state index in [1.165, 1.54) is 11.8 Å². The molecule has 1 rings (SSSR count). The van der Waals surface area contributed by atoms with Crippen LogP contribution < -0.4 is 10.6 Å². The van der Waals surface area contributed by atoms with E-state index in [1.54, 1.807) is 21.0 Å². The van der Waals surface area contributed by atoms with E-state index in [2.05, 4.69) is 10.6 Å². The number of rotatable bonds is 5. The van der Waals surface area contributed by atoms with Gasteiger partial charge in [0.2, 0.25) is 5.91 Å². The van der Waals surface area contributed by atoms with Crippen LogP contribution in [0.2, 0.25) is 0 Å². The topological polar surface area (TPSA) is 98.7 Å². The number of urea groups is 1. The average Bonchev–Trinajstić information content (AvgIpc) is 3.10. The summed E-state index contributed by atoms with van der Waals surface area (Å²) in [6.45, 7) is 3.04. The Hall–Kier alpha value is -1.79. The molecule has 0 aromatic carbocycles. The Labute approximate surface area is 112 Å². The molecule has 1 saturated carbocycles. The van der Waals surface area contributed by atoms with Gasteiger partial charge in [-0.05, 0) is 32.6 Å². The third kappa shape index (κ3) is 3.59. The van der Waals surface area contributed by atoms with Gasteiger partial charge in [0.05, 0.1) is 0 Å². The largest absolute Gasteiger partial charge is 0.480 e. The molecule has 1 fully saturated rings. The highest BCUT2D eigenvalue weighted by atomic mass is 16.4. The number of aliphatic carboxylic acids is 1. The highest BCUT2D eigenvalue weighted by molar-refractivity contribution is 5.90. The number of likely N-dealkylation sites (N-methyl/N-ethyl adjacent to an activating group) is 1. The number of carbonyl (C=O) groups is 3. The van der Waals surface area contributed by atoms with E-state index < -0.39 is 23.6 Å². The second kappa shape index (κ2) is 5.46. The molecule has 0 spiro atoms. The van der Waals surface area contributed by atoms with Crippen molar-refractivity contribution in [2.24, 2.45) is 5.92 Å². The van der Waals surface area contributed by atoms with Gasteiger partial charge in [-0.15, -0.1) is 0 Å². The number of carboxylic acid groups (broad SMARTS) is 1. The first kappa shape index (κ1) is 15.3. The number of nitrogens with zero attached hydrogens (tertiary/aromatic N) is 1. The van der Waals surface area contributed by atoms with E-state index in [4.69, 9.17) is 0 Å². The molecule has 0 aliphatic heterocycles. The summed E-state index contributed by atoms with van der Waals surface area (Å²) in [7, 11) is 3.17. The molecule has 1 aliphatic rings. The first-order valence-corrected chi connectivity index (χ1v) is 6.21. The van der Waals surface area contributed by atoms with Crippen LogP contribution in [0.15, 0.2) is 0 Å². The molecular weight excluding hydrogens is 250 g/mol. The van der Waals surface area contributed by atoms with Gasteiger partial charge in [0.1, 0.15) is 11.6 Å².